The molecule has 1 fully saturated rings. The van der Waals surface area contributed by atoms with Gasteiger partial charge in [-0.3, -0.25) is 0 Å². The van der Waals surface area contributed by atoms with E-state index >= 15 is 0 Å². The molecule has 2 rings (SSSR count). The van der Waals surface area contributed by atoms with Crippen molar-refractivity contribution in [2.75, 3.05) is 32.5 Å². The number of carbonyl (C=O) groups excluding carboxylic acids is 1. The van der Waals surface area contributed by atoms with Gasteiger partial charge in [0, 0.05) is 24.8 Å². The van der Waals surface area contributed by atoms with Crippen LogP contribution in [0.5, 0.6) is 0 Å². The Hall–Kier alpha value is -1.76. The zero-order valence-electron chi connectivity index (χ0n) is 14.1. The fraction of sp³-hybridized carbons (Fsp3) is 0.588. The molecule has 0 radical (unpaired) electrons. The highest BCUT2D eigenvalue weighted by Crippen LogP contribution is 2.22. The van der Waals surface area contributed by atoms with Crippen LogP contribution in [0.2, 0.25) is 0 Å². The van der Waals surface area contributed by atoms with E-state index in [4.69, 9.17) is 0 Å². The topological polar surface area (TPSA) is 35.6 Å². The summed E-state index contributed by atoms with van der Waals surface area (Å²) < 4.78 is 37.0. The van der Waals surface area contributed by atoms with Crippen LogP contribution in [-0.2, 0) is 6.42 Å². The zero-order valence-corrected chi connectivity index (χ0v) is 14.1. The van der Waals surface area contributed by atoms with Crippen molar-refractivity contribution in [3.05, 3.63) is 29.8 Å². The van der Waals surface area contributed by atoms with E-state index in [-0.39, 0.29) is 11.6 Å². The minimum atomic E-state index is -4.22. The fourth-order valence-corrected chi connectivity index (χ4v) is 2.94. The molecule has 2 amide bonds. The molecule has 1 aromatic rings. The van der Waals surface area contributed by atoms with Crippen molar-refractivity contribution in [1.82, 2.24) is 9.80 Å². The quantitative estimate of drug-likeness (QED) is 0.907. The molecule has 1 aliphatic heterocycles. The van der Waals surface area contributed by atoms with Crippen LogP contribution in [0.3, 0.4) is 0 Å². The van der Waals surface area contributed by atoms with Crippen LogP contribution in [0.25, 0.3) is 0 Å². The van der Waals surface area contributed by atoms with Gasteiger partial charge >= 0.3 is 12.2 Å². The van der Waals surface area contributed by atoms with E-state index in [1.54, 1.807) is 4.90 Å². The highest BCUT2D eigenvalue weighted by Gasteiger charge is 2.27. The maximum atomic E-state index is 12.3. The molecule has 1 atom stereocenters. The third-order valence-corrected chi connectivity index (χ3v) is 4.32. The molecule has 0 bridgehead atoms. The standard InChI is InChI=1S/C17H24F3N3O/c1-22(2)15-4-3-10-23(11-9-15)16(24)21-14-7-5-13(6-8-14)12-17(18,19)20/h5-8,15H,3-4,9-12H2,1-2H3,(H,21,24)/t15-/m0/s1. The van der Waals surface area contributed by atoms with Crippen LogP contribution in [0.1, 0.15) is 24.8 Å². The number of halogens is 3. The number of rotatable bonds is 3. The molecule has 1 aliphatic rings. The van der Waals surface area contributed by atoms with Crippen LogP contribution < -0.4 is 5.32 Å². The number of nitrogens with zero attached hydrogens (tertiary/aromatic N) is 2. The predicted octanol–water partition coefficient (Wildman–Crippen LogP) is 3.74. The number of nitrogens with one attached hydrogen (secondary N) is 1. The third kappa shape index (κ3) is 5.70. The van der Waals surface area contributed by atoms with Gasteiger partial charge in [0.15, 0.2) is 0 Å². The van der Waals surface area contributed by atoms with Gasteiger partial charge in [-0.2, -0.15) is 13.2 Å². The number of benzene rings is 1. The largest absolute Gasteiger partial charge is 0.393 e. The van der Waals surface area contributed by atoms with Gasteiger partial charge in [-0.25, -0.2) is 4.79 Å². The molecular formula is C17H24F3N3O. The second-order valence-electron chi connectivity index (χ2n) is 6.45. The first-order chi connectivity index (χ1) is 11.2. The molecule has 4 nitrogen and oxygen atoms in total. The Morgan fingerprint density at radius 3 is 2.46 bits per heavy atom. The Morgan fingerprint density at radius 1 is 1.21 bits per heavy atom. The molecule has 1 N–H and O–H groups in total. The Kier molecular flexibility index (Phi) is 6.10. The monoisotopic (exact) mass is 343 g/mol. The number of alkyl halides is 3. The third-order valence-electron chi connectivity index (χ3n) is 4.32. The van der Waals surface area contributed by atoms with Crippen molar-refractivity contribution in [3.63, 3.8) is 0 Å². The molecule has 1 saturated heterocycles. The Balaban J connectivity index is 1.90. The van der Waals surface area contributed by atoms with Crippen LogP contribution in [0.15, 0.2) is 24.3 Å². The summed E-state index contributed by atoms with van der Waals surface area (Å²) in [6.45, 7) is 1.38. The maximum Gasteiger partial charge on any atom is 0.393 e. The highest BCUT2D eigenvalue weighted by molar-refractivity contribution is 5.89. The van der Waals surface area contributed by atoms with Gasteiger partial charge in [0.25, 0.3) is 0 Å². The van der Waals surface area contributed by atoms with Gasteiger partial charge < -0.3 is 15.1 Å². The van der Waals surface area contributed by atoms with E-state index in [0.717, 1.165) is 19.3 Å². The summed E-state index contributed by atoms with van der Waals surface area (Å²) in [5, 5.41) is 2.77. The second-order valence-corrected chi connectivity index (χ2v) is 6.45. The van der Waals surface area contributed by atoms with E-state index in [1.807, 2.05) is 14.1 Å². The summed E-state index contributed by atoms with van der Waals surface area (Å²) in [6, 6.07) is 6.10. The molecule has 0 spiro atoms. The van der Waals surface area contributed by atoms with E-state index in [1.165, 1.54) is 24.3 Å². The van der Waals surface area contributed by atoms with Gasteiger partial charge in [0.1, 0.15) is 0 Å². The van der Waals surface area contributed by atoms with Crippen LogP contribution in [0, 0.1) is 0 Å². The van der Waals surface area contributed by atoms with E-state index in [0.29, 0.717) is 24.8 Å². The van der Waals surface area contributed by atoms with Crippen molar-refractivity contribution in [2.24, 2.45) is 0 Å². The summed E-state index contributed by atoms with van der Waals surface area (Å²) in [5.41, 5.74) is 0.698. The van der Waals surface area contributed by atoms with Crippen LogP contribution in [-0.4, -0.2) is 55.2 Å². The summed E-state index contributed by atoms with van der Waals surface area (Å²) in [7, 11) is 4.09. The fourth-order valence-electron chi connectivity index (χ4n) is 2.94. The first-order valence-electron chi connectivity index (χ1n) is 8.12. The van der Waals surface area contributed by atoms with Crippen LogP contribution in [0.4, 0.5) is 23.7 Å². The van der Waals surface area contributed by atoms with Crippen molar-refractivity contribution in [2.45, 2.75) is 37.9 Å². The molecule has 1 heterocycles. The number of urea groups is 1. The average Bonchev–Trinajstić information content (AvgIpc) is 2.74. The van der Waals surface area contributed by atoms with Crippen molar-refractivity contribution < 1.29 is 18.0 Å². The molecule has 1 aromatic carbocycles. The molecule has 0 unspecified atom stereocenters. The summed E-state index contributed by atoms with van der Waals surface area (Å²) in [4.78, 5) is 16.3. The molecular weight excluding hydrogens is 319 g/mol. The smallest absolute Gasteiger partial charge is 0.324 e. The first kappa shape index (κ1) is 18.6. The molecule has 7 heteroatoms. The van der Waals surface area contributed by atoms with Gasteiger partial charge in [-0.15, -0.1) is 0 Å². The molecule has 0 aliphatic carbocycles. The van der Waals surface area contributed by atoms with Gasteiger partial charge in [0.2, 0.25) is 0 Å². The normalized spacial score (nSPS) is 19.2. The molecule has 0 saturated carbocycles. The molecule has 0 aromatic heterocycles. The number of carbonyl (C=O) groups is 1. The number of hydrogen-bond donors (Lipinski definition) is 1. The summed E-state index contributed by atoms with van der Waals surface area (Å²) >= 11 is 0. The lowest BCUT2D eigenvalue weighted by Gasteiger charge is -2.23. The Labute approximate surface area is 140 Å². The lowest BCUT2D eigenvalue weighted by Crippen LogP contribution is -2.36. The predicted molar refractivity (Wildman–Crippen MR) is 88.1 cm³/mol. The van der Waals surface area contributed by atoms with Crippen LogP contribution >= 0.6 is 0 Å². The lowest BCUT2D eigenvalue weighted by atomic mass is 10.1. The van der Waals surface area contributed by atoms with Gasteiger partial charge in [-0.1, -0.05) is 12.1 Å². The van der Waals surface area contributed by atoms with E-state index < -0.39 is 12.6 Å². The Bertz CT molecular complexity index is 543. The lowest BCUT2D eigenvalue weighted by molar-refractivity contribution is -0.127. The van der Waals surface area contributed by atoms with E-state index in [9.17, 15) is 18.0 Å². The number of amides is 2. The summed E-state index contributed by atoms with van der Waals surface area (Å²) in [6.07, 6.45) is -2.26. The number of hydrogen-bond acceptors (Lipinski definition) is 2. The minimum absolute atomic E-state index is 0.184. The Morgan fingerprint density at radius 2 is 1.88 bits per heavy atom. The van der Waals surface area contributed by atoms with Crippen molar-refractivity contribution >= 4 is 11.7 Å². The SMILES string of the molecule is CN(C)[C@H]1CCCN(C(=O)Nc2ccc(CC(F)(F)F)cc2)CC1. The summed E-state index contributed by atoms with van der Waals surface area (Å²) in [5.74, 6) is 0. The molecule has 134 valence electrons. The number of likely N-dealkylation sites (tertiary alicyclic amines) is 1. The van der Waals surface area contributed by atoms with Gasteiger partial charge in [0.05, 0.1) is 6.42 Å². The van der Waals surface area contributed by atoms with Crippen molar-refractivity contribution in [1.29, 1.82) is 0 Å². The van der Waals surface area contributed by atoms with E-state index in [2.05, 4.69) is 10.2 Å². The first-order valence-corrected chi connectivity index (χ1v) is 8.12. The average molecular weight is 343 g/mol. The zero-order chi connectivity index (χ0) is 17.7. The van der Waals surface area contributed by atoms with Crippen molar-refractivity contribution in [3.8, 4) is 0 Å². The maximum absolute atomic E-state index is 12.3. The molecule has 24 heavy (non-hydrogen) atoms. The van der Waals surface area contributed by atoms with Gasteiger partial charge in [-0.05, 0) is 51.1 Å². The second kappa shape index (κ2) is 7.88. The highest BCUT2D eigenvalue weighted by atomic mass is 19.4. The minimum Gasteiger partial charge on any atom is -0.324 e. The number of anilines is 1.